The highest BCUT2D eigenvalue weighted by Gasteiger charge is 2.11. The second-order valence-corrected chi connectivity index (χ2v) is 3.89. The first kappa shape index (κ1) is 9.76. The van der Waals surface area contributed by atoms with Crippen LogP contribution in [0.1, 0.15) is 57.8 Å². The number of rotatable bonds is 4. The van der Waals surface area contributed by atoms with Crippen LogP contribution in [0, 0.1) is 5.92 Å². The highest BCUT2D eigenvalue weighted by Crippen LogP contribution is 2.26. The van der Waals surface area contributed by atoms with E-state index in [1.54, 1.807) is 0 Å². The Morgan fingerprint density at radius 3 is 2.33 bits per heavy atom. The zero-order valence-electron chi connectivity index (χ0n) is 7.85. The summed E-state index contributed by atoms with van der Waals surface area (Å²) in [5.41, 5.74) is 0. The molecule has 0 amide bonds. The molecule has 0 saturated heterocycles. The lowest BCUT2D eigenvalue weighted by atomic mass is 9.94. The minimum absolute atomic E-state index is 0.649. The second-order valence-electron chi connectivity index (χ2n) is 3.89. The van der Waals surface area contributed by atoms with Crippen LogP contribution in [0.3, 0.4) is 0 Å². The van der Waals surface area contributed by atoms with Gasteiger partial charge < -0.3 is 0 Å². The van der Waals surface area contributed by atoms with Crippen molar-refractivity contribution in [1.82, 2.24) is 0 Å². The van der Waals surface area contributed by atoms with Gasteiger partial charge in [-0.05, 0) is 12.3 Å². The molecule has 0 N–H and O–H groups in total. The molecule has 0 unspecified atom stereocenters. The molecular weight excluding hydrogens is 148 g/mol. The standard InChI is InChI=1S/C11H19O/c12-10-6-5-9-11-7-3-1-2-4-8-11/h11H,1-9H2. The van der Waals surface area contributed by atoms with Crippen molar-refractivity contribution in [2.24, 2.45) is 5.92 Å². The normalized spacial score (nSPS) is 20.3. The second kappa shape index (κ2) is 6.22. The summed E-state index contributed by atoms with van der Waals surface area (Å²) in [7, 11) is 0. The summed E-state index contributed by atoms with van der Waals surface area (Å²) in [5, 5.41) is 0. The van der Waals surface area contributed by atoms with Crippen LogP contribution in [0.15, 0.2) is 0 Å². The van der Waals surface area contributed by atoms with E-state index in [-0.39, 0.29) is 0 Å². The van der Waals surface area contributed by atoms with Crippen LogP contribution >= 0.6 is 0 Å². The van der Waals surface area contributed by atoms with Crippen molar-refractivity contribution in [3.63, 3.8) is 0 Å². The fraction of sp³-hybridized carbons (Fsp3) is 0.909. The largest absolute Gasteiger partial charge is 0.291 e. The Kier molecular flexibility index (Phi) is 5.05. The molecule has 1 rings (SSSR count). The molecule has 1 nitrogen and oxygen atoms in total. The third kappa shape index (κ3) is 3.89. The molecule has 12 heavy (non-hydrogen) atoms. The van der Waals surface area contributed by atoms with Gasteiger partial charge in [0.1, 0.15) is 0 Å². The lowest BCUT2D eigenvalue weighted by molar-refractivity contribution is 0.417. The fourth-order valence-electron chi connectivity index (χ4n) is 2.12. The third-order valence-electron chi connectivity index (χ3n) is 2.87. The summed E-state index contributed by atoms with van der Waals surface area (Å²) in [6, 6.07) is 0. The lowest BCUT2D eigenvalue weighted by Crippen LogP contribution is -1.98. The number of hydrogen-bond acceptors (Lipinski definition) is 1. The van der Waals surface area contributed by atoms with E-state index in [0.717, 1.165) is 12.3 Å². The summed E-state index contributed by atoms with van der Waals surface area (Å²) in [6.45, 7) is 0. The Labute approximate surface area is 75.5 Å². The Hall–Kier alpha value is -0.330. The van der Waals surface area contributed by atoms with Crippen molar-refractivity contribution in [3.8, 4) is 0 Å². The summed E-state index contributed by atoms with van der Waals surface area (Å²) in [4.78, 5) is 9.99. The van der Waals surface area contributed by atoms with E-state index in [0.29, 0.717) is 6.42 Å². The molecule has 0 atom stereocenters. The summed E-state index contributed by atoms with van der Waals surface area (Å²) >= 11 is 0. The van der Waals surface area contributed by atoms with Crippen molar-refractivity contribution in [2.45, 2.75) is 57.8 Å². The van der Waals surface area contributed by atoms with E-state index in [4.69, 9.17) is 0 Å². The molecule has 1 fully saturated rings. The molecule has 1 radical (unpaired) electrons. The van der Waals surface area contributed by atoms with Gasteiger partial charge in [0.05, 0.1) is 0 Å². The van der Waals surface area contributed by atoms with Crippen molar-refractivity contribution >= 4 is 6.29 Å². The first-order chi connectivity index (χ1) is 5.93. The van der Waals surface area contributed by atoms with Gasteiger partial charge in [0.15, 0.2) is 6.29 Å². The zero-order chi connectivity index (χ0) is 8.65. The van der Waals surface area contributed by atoms with Crippen molar-refractivity contribution < 1.29 is 4.79 Å². The zero-order valence-corrected chi connectivity index (χ0v) is 7.85. The molecule has 0 bridgehead atoms. The summed E-state index contributed by atoms with van der Waals surface area (Å²) < 4.78 is 0. The average molecular weight is 167 g/mol. The van der Waals surface area contributed by atoms with Crippen LogP contribution in [0.4, 0.5) is 0 Å². The van der Waals surface area contributed by atoms with Gasteiger partial charge in [-0.3, -0.25) is 4.79 Å². The smallest absolute Gasteiger partial charge is 0.198 e. The minimum atomic E-state index is 0.649. The number of carbonyl (C=O) groups excluding carboxylic acids is 1. The summed E-state index contributed by atoms with van der Waals surface area (Å²) in [6.07, 6.45) is 13.4. The van der Waals surface area contributed by atoms with Gasteiger partial charge in [0.25, 0.3) is 0 Å². The predicted octanol–water partition coefficient (Wildman–Crippen LogP) is 3.24. The first-order valence-corrected chi connectivity index (χ1v) is 5.28. The topological polar surface area (TPSA) is 17.1 Å². The van der Waals surface area contributed by atoms with Gasteiger partial charge >= 0.3 is 0 Å². The maximum Gasteiger partial charge on any atom is 0.198 e. The lowest BCUT2D eigenvalue weighted by Gasteiger charge is -2.11. The van der Waals surface area contributed by atoms with Crippen LogP contribution in [-0.4, -0.2) is 6.29 Å². The van der Waals surface area contributed by atoms with E-state index < -0.39 is 0 Å². The molecule has 0 aromatic rings. The predicted molar refractivity (Wildman–Crippen MR) is 50.7 cm³/mol. The average Bonchev–Trinajstić information content (AvgIpc) is 2.33. The number of unbranched alkanes of at least 4 members (excludes halogenated alkanes) is 1. The van der Waals surface area contributed by atoms with Gasteiger partial charge in [-0.25, -0.2) is 0 Å². The Balaban J connectivity index is 2.07. The maximum atomic E-state index is 9.99. The van der Waals surface area contributed by atoms with E-state index in [1.165, 1.54) is 44.9 Å². The van der Waals surface area contributed by atoms with E-state index in [9.17, 15) is 4.79 Å². The molecule has 0 aromatic carbocycles. The van der Waals surface area contributed by atoms with Crippen LogP contribution in [-0.2, 0) is 4.79 Å². The van der Waals surface area contributed by atoms with Crippen LogP contribution in [0.5, 0.6) is 0 Å². The van der Waals surface area contributed by atoms with Gasteiger partial charge in [-0.15, -0.1) is 0 Å². The molecule has 1 aliphatic rings. The van der Waals surface area contributed by atoms with Crippen molar-refractivity contribution in [3.05, 3.63) is 0 Å². The van der Waals surface area contributed by atoms with Crippen molar-refractivity contribution in [2.75, 3.05) is 0 Å². The maximum absolute atomic E-state index is 9.99. The van der Waals surface area contributed by atoms with Crippen LogP contribution < -0.4 is 0 Å². The SMILES string of the molecule is O=[C]CCCC1CCCCCC1. The highest BCUT2D eigenvalue weighted by atomic mass is 16.1. The van der Waals surface area contributed by atoms with Crippen LogP contribution in [0.25, 0.3) is 0 Å². The molecular formula is C11H19O. The van der Waals surface area contributed by atoms with Gasteiger partial charge in [0.2, 0.25) is 0 Å². The van der Waals surface area contributed by atoms with Gasteiger partial charge in [-0.1, -0.05) is 44.9 Å². The minimum Gasteiger partial charge on any atom is -0.291 e. The fourth-order valence-corrected chi connectivity index (χ4v) is 2.12. The monoisotopic (exact) mass is 167 g/mol. The summed E-state index contributed by atoms with van der Waals surface area (Å²) in [5.74, 6) is 0.917. The van der Waals surface area contributed by atoms with E-state index in [1.807, 2.05) is 6.29 Å². The van der Waals surface area contributed by atoms with E-state index in [2.05, 4.69) is 0 Å². The highest BCUT2D eigenvalue weighted by molar-refractivity contribution is 5.50. The first-order valence-electron chi connectivity index (χ1n) is 5.28. The Morgan fingerprint density at radius 1 is 1.08 bits per heavy atom. The van der Waals surface area contributed by atoms with Gasteiger partial charge in [-0.2, -0.15) is 0 Å². The molecule has 0 aromatic heterocycles. The van der Waals surface area contributed by atoms with E-state index >= 15 is 0 Å². The molecule has 69 valence electrons. The number of hydrogen-bond donors (Lipinski definition) is 0. The molecule has 1 saturated carbocycles. The third-order valence-corrected chi connectivity index (χ3v) is 2.87. The van der Waals surface area contributed by atoms with Crippen LogP contribution in [0.2, 0.25) is 0 Å². The molecule has 1 heteroatoms. The quantitative estimate of drug-likeness (QED) is 0.464. The molecule has 1 aliphatic carbocycles. The molecule has 0 heterocycles. The Morgan fingerprint density at radius 2 is 1.75 bits per heavy atom. The van der Waals surface area contributed by atoms with Gasteiger partial charge in [0, 0.05) is 6.42 Å². The molecule has 0 aliphatic heterocycles. The molecule has 0 spiro atoms. The van der Waals surface area contributed by atoms with Crippen molar-refractivity contribution in [1.29, 1.82) is 0 Å². The Bertz CT molecular complexity index is 112.